The molecule has 5 nitrogen and oxygen atoms in total. The van der Waals surface area contributed by atoms with Crippen molar-refractivity contribution in [1.82, 2.24) is 4.98 Å². The van der Waals surface area contributed by atoms with Crippen LogP contribution in [0.3, 0.4) is 0 Å². The molecule has 0 aliphatic heterocycles. The molecule has 0 aliphatic carbocycles. The molecule has 0 saturated heterocycles. The minimum Gasteiger partial charge on any atom is -0.442 e. The first kappa shape index (κ1) is 8.21. The lowest BCUT2D eigenvalue weighted by Gasteiger charge is -1.87. The summed E-state index contributed by atoms with van der Waals surface area (Å²) in [5.74, 6) is 0. The molecule has 2 aromatic rings. The van der Waals surface area contributed by atoms with Gasteiger partial charge >= 0.3 is 0 Å². The van der Waals surface area contributed by atoms with Gasteiger partial charge in [0.25, 0.3) is 10.0 Å². The number of furan rings is 1. The molecule has 68 valence electrons. The standard InChI is InChI=1S/C7H6N2O3S/c8-13(10,11)7-3-5-1-2-9-4-6(5)12-7/h1-4H,(H2,8,10,11). The summed E-state index contributed by atoms with van der Waals surface area (Å²) in [5, 5.41) is 5.30. The van der Waals surface area contributed by atoms with Crippen LogP contribution in [0, 0.1) is 0 Å². The van der Waals surface area contributed by atoms with E-state index in [1.54, 1.807) is 12.3 Å². The van der Waals surface area contributed by atoms with Crippen LogP contribution in [0.1, 0.15) is 0 Å². The Hall–Kier alpha value is -1.40. The van der Waals surface area contributed by atoms with E-state index in [1.165, 1.54) is 12.3 Å². The van der Waals surface area contributed by atoms with Gasteiger partial charge in [0, 0.05) is 17.6 Å². The maximum atomic E-state index is 10.9. The number of hydrogen-bond donors (Lipinski definition) is 1. The highest BCUT2D eigenvalue weighted by molar-refractivity contribution is 7.89. The number of rotatable bonds is 1. The van der Waals surface area contributed by atoms with Gasteiger partial charge in [-0.05, 0) is 6.07 Å². The fourth-order valence-corrected chi connectivity index (χ4v) is 1.50. The van der Waals surface area contributed by atoms with Crippen LogP contribution < -0.4 is 5.14 Å². The lowest BCUT2D eigenvalue weighted by molar-refractivity contribution is 0.481. The number of aromatic nitrogens is 1. The highest BCUT2D eigenvalue weighted by Crippen LogP contribution is 2.20. The number of pyridine rings is 1. The third-order valence-electron chi connectivity index (χ3n) is 1.58. The Labute approximate surface area is 74.2 Å². The van der Waals surface area contributed by atoms with Crippen LogP contribution >= 0.6 is 0 Å². The van der Waals surface area contributed by atoms with Crippen molar-refractivity contribution >= 4 is 21.0 Å². The van der Waals surface area contributed by atoms with Crippen molar-refractivity contribution in [3.8, 4) is 0 Å². The zero-order valence-electron chi connectivity index (χ0n) is 6.47. The summed E-state index contributed by atoms with van der Waals surface area (Å²) in [6.07, 6.45) is 2.98. The Kier molecular flexibility index (Phi) is 1.61. The van der Waals surface area contributed by atoms with E-state index in [0.717, 1.165) is 0 Å². The molecule has 0 atom stereocenters. The summed E-state index contributed by atoms with van der Waals surface area (Å²) in [5.41, 5.74) is 0.409. The summed E-state index contributed by atoms with van der Waals surface area (Å²) >= 11 is 0. The van der Waals surface area contributed by atoms with Gasteiger partial charge in [-0.2, -0.15) is 0 Å². The first-order chi connectivity index (χ1) is 6.07. The molecule has 2 N–H and O–H groups in total. The van der Waals surface area contributed by atoms with E-state index >= 15 is 0 Å². The first-order valence-electron chi connectivity index (χ1n) is 3.44. The van der Waals surface area contributed by atoms with Crippen LogP contribution in [0.25, 0.3) is 11.0 Å². The average molecular weight is 198 g/mol. The summed E-state index contributed by atoms with van der Waals surface area (Å²) in [6.45, 7) is 0. The molecule has 0 bridgehead atoms. The van der Waals surface area contributed by atoms with E-state index in [1.807, 2.05) is 0 Å². The van der Waals surface area contributed by atoms with Crippen molar-refractivity contribution in [1.29, 1.82) is 0 Å². The number of nitrogens with two attached hydrogens (primary N) is 1. The molecule has 0 fully saturated rings. The van der Waals surface area contributed by atoms with E-state index in [-0.39, 0.29) is 5.09 Å². The summed E-state index contributed by atoms with van der Waals surface area (Å²) in [6, 6.07) is 3.01. The molecular formula is C7H6N2O3S. The number of fused-ring (bicyclic) bond motifs is 1. The number of nitrogens with zero attached hydrogens (tertiary/aromatic N) is 1. The van der Waals surface area contributed by atoms with Crippen LogP contribution in [-0.2, 0) is 10.0 Å². The maximum Gasteiger partial charge on any atom is 0.271 e. The van der Waals surface area contributed by atoms with E-state index in [4.69, 9.17) is 9.56 Å². The monoisotopic (exact) mass is 198 g/mol. The van der Waals surface area contributed by atoms with Crippen LogP contribution in [0.15, 0.2) is 34.0 Å². The van der Waals surface area contributed by atoms with Gasteiger partial charge in [-0.25, -0.2) is 13.6 Å². The first-order valence-corrected chi connectivity index (χ1v) is 4.98. The summed E-state index contributed by atoms with van der Waals surface area (Å²) in [4.78, 5) is 3.78. The van der Waals surface area contributed by atoms with Crippen molar-refractivity contribution in [3.63, 3.8) is 0 Å². The highest BCUT2D eigenvalue weighted by Gasteiger charge is 2.13. The normalized spacial score (nSPS) is 12.1. The van der Waals surface area contributed by atoms with Crippen LogP contribution in [0.5, 0.6) is 0 Å². The SMILES string of the molecule is NS(=O)(=O)c1cc2ccncc2o1. The minimum atomic E-state index is -3.76. The van der Waals surface area contributed by atoms with Crippen molar-refractivity contribution < 1.29 is 12.8 Å². The Bertz CT molecular complexity index is 511. The van der Waals surface area contributed by atoms with Crippen molar-refractivity contribution in [2.45, 2.75) is 5.09 Å². The summed E-state index contributed by atoms with van der Waals surface area (Å²) in [7, 11) is -3.76. The van der Waals surface area contributed by atoms with Crippen molar-refractivity contribution in [3.05, 3.63) is 24.5 Å². The Balaban J connectivity index is 2.77. The van der Waals surface area contributed by atoms with Gasteiger partial charge in [0.1, 0.15) is 0 Å². The van der Waals surface area contributed by atoms with E-state index < -0.39 is 10.0 Å². The highest BCUT2D eigenvalue weighted by atomic mass is 32.2. The van der Waals surface area contributed by atoms with Crippen LogP contribution in [0.4, 0.5) is 0 Å². The summed E-state index contributed by atoms with van der Waals surface area (Å²) < 4.78 is 26.7. The minimum absolute atomic E-state index is 0.240. The van der Waals surface area contributed by atoms with Gasteiger partial charge < -0.3 is 4.42 Å². The van der Waals surface area contributed by atoms with Gasteiger partial charge in [0.2, 0.25) is 5.09 Å². The fraction of sp³-hybridized carbons (Fsp3) is 0. The van der Waals surface area contributed by atoms with Crippen LogP contribution in [0.2, 0.25) is 0 Å². The molecule has 2 heterocycles. The zero-order valence-corrected chi connectivity index (χ0v) is 7.28. The van der Waals surface area contributed by atoms with Gasteiger partial charge in [-0.15, -0.1) is 0 Å². The predicted molar refractivity (Wildman–Crippen MR) is 45.4 cm³/mol. The van der Waals surface area contributed by atoms with Gasteiger partial charge in [-0.3, -0.25) is 4.98 Å². The Morgan fingerprint density at radius 2 is 2.23 bits per heavy atom. The number of primary sulfonamides is 1. The molecular weight excluding hydrogens is 192 g/mol. The lowest BCUT2D eigenvalue weighted by atomic mass is 10.3. The molecule has 0 unspecified atom stereocenters. The molecule has 13 heavy (non-hydrogen) atoms. The molecule has 0 aliphatic rings. The lowest BCUT2D eigenvalue weighted by Crippen LogP contribution is -2.10. The second-order valence-corrected chi connectivity index (χ2v) is 4.02. The molecule has 0 radical (unpaired) electrons. The van der Waals surface area contributed by atoms with E-state index in [0.29, 0.717) is 11.0 Å². The number of hydrogen-bond acceptors (Lipinski definition) is 4. The third-order valence-corrected chi connectivity index (χ3v) is 2.34. The zero-order chi connectivity index (χ0) is 9.47. The molecule has 0 amide bonds. The molecule has 0 spiro atoms. The van der Waals surface area contributed by atoms with Gasteiger partial charge in [0.05, 0.1) is 6.20 Å². The predicted octanol–water partition coefficient (Wildman–Crippen LogP) is 0.475. The van der Waals surface area contributed by atoms with E-state index in [9.17, 15) is 8.42 Å². The number of sulfonamides is 1. The van der Waals surface area contributed by atoms with Gasteiger partial charge in [-0.1, -0.05) is 0 Å². The molecule has 0 aromatic carbocycles. The van der Waals surface area contributed by atoms with Crippen molar-refractivity contribution in [2.75, 3.05) is 0 Å². The Morgan fingerprint density at radius 3 is 2.85 bits per heavy atom. The fourth-order valence-electron chi connectivity index (χ4n) is 1.00. The molecule has 6 heteroatoms. The topological polar surface area (TPSA) is 86.2 Å². The second-order valence-electron chi connectivity index (χ2n) is 2.52. The quantitative estimate of drug-likeness (QED) is 0.721. The Morgan fingerprint density at radius 1 is 1.46 bits per heavy atom. The molecule has 0 saturated carbocycles. The largest absolute Gasteiger partial charge is 0.442 e. The molecule has 2 rings (SSSR count). The smallest absolute Gasteiger partial charge is 0.271 e. The molecule has 2 aromatic heterocycles. The maximum absolute atomic E-state index is 10.9. The second kappa shape index (κ2) is 2.54. The van der Waals surface area contributed by atoms with E-state index in [2.05, 4.69) is 4.98 Å². The van der Waals surface area contributed by atoms with Crippen molar-refractivity contribution in [2.24, 2.45) is 5.14 Å². The van der Waals surface area contributed by atoms with Gasteiger partial charge in [0.15, 0.2) is 5.58 Å². The van der Waals surface area contributed by atoms with Crippen LogP contribution in [-0.4, -0.2) is 13.4 Å². The average Bonchev–Trinajstić information content (AvgIpc) is 2.45. The third kappa shape index (κ3) is 1.41.